The Morgan fingerprint density at radius 1 is 1.19 bits per heavy atom. The normalized spacial score (nSPS) is 14.1. The van der Waals surface area contributed by atoms with E-state index in [9.17, 15) is 4.79 Å². The van der Waals surface area contributed by atoms with Gasteiger partial charge in [-0.3, -0.25) is 4.79 Å². The van der Waals surface area contributed by atoms with Crippen molar-refractivity contribution in [2.24, 2.45) is 0 Å². The van der Waals surface area contributed by atoms with Gasteiger partial charge < -0.3 is 19.5 Å². The number of amides is 1. The number of para-hydroxylation sites is 1. The molecule has 0 spiro atoms. The predicted octanol–water partition coefficient (Wildman–Crippen LogP) is 3.56. The molecule has 31 heavy (non-hydrogen) atoms. The van der Waals surface area contributed by atoms with E-state index in [2.05, 4.69) is 20.4 Å². The van der Waals surface area contributed by atoms with Crippen molar-refractivity contribution in [3.05, 3.63) is 41.3 Å². The minimum atomic E-state index is -0.0525. The second kappa shape index (κ2) is 9.76. The predicted molar refractivity (Wildman–Crippen MR) is 118 cm³/mol. The molecule has 2 aromatic heterocycles. The zero-order chi connectivity index (χ0) is 21.6. The van der Waals surface area contributed by atoms with Crippen LogP contribution in [0.2, 0.25) is 0 Å². The highest BCUT2D eigenvalue weighted by atomic mass is 16.5. The standard InChI is InChI=1S/C23H29N5O3/c1-3-30-18-10-6-5-9-17(18)15-24-20(29)12-11-19-25-22(28-13-7-4-8-14-28)21-16(2)27-31-23(21)26-19/h5-6,9-10H,3-4,7-8,11-15H2,1-2H3,(H,24,29). The number of carbonyl (C=O) groups excluding carboxylic acids is 1. The number of aryl methyl sites for hydroxylation is 2. The van der Waals surface area contributed by atoms with Gasteiger partial charge >= 0.3 is 0 Å². The van der Waals surface area contributed by atoms with Crippen molar-refractivity contribution in [1.82, 2.24) is 20.4 Å². The van der Waals surface area contributed by atoms with E-state index in [1.54, 1.807) is 0 Å². The highest BCUT2D eigenvalue weighted by Crippen LogP contribution is 2.29. The van der Waals surface area contributed by atoms with E-state index in [0.717, 1.165) is 54.1 Å². The van der Waals surface area contributed by atoms with E-state index >= 15 is 0 Å². The highest BCUT2D eigenvalue weighted by molar-refractivity contribution is 5.88. The van der Waals surface area contributed by atoms with Crippen molar-refractivity contribution >= 4 is 22.8 Å². The molecule has 1 saturated heterocycles. The van der Waals surface area contributed by atoms with Crippen molar-refractivity contribution < 1.29 is 14.1 Å². The van der Waals surface area contributed by atoms with Gasteiger partial charge in [0.2, 0.25) is 5.91 Å². The first-order valence-electron chi connectivity index (χ1n) is 11.0. The van der Waals surface area contributed by atoms with E-state index in [1.807, 2.05) is 38.1 Å². The first kappa shape index (κ1) is 21.1. The summed E-state index contributed by atoms with van der Waals surface area (Å²) in [7, 11) is 0. The molecular weight excluding hydrogens is 394 g/mol. The summed E-state index contributed by atoms with van der Waals surface area (Å²) in [5, 5.41) is 7.92. The summed E-state index contributed by atoms with van der Waals surface area (Å²) >= 11 is 0. The molecule has 3 aromatic rings. The van der Waals surface area contributed by atoms with Gasteiger partial charge in [0, 0.05) is 38.0 Å². The zero-order valence-electron chi connectivity index (χ0n) is 18.2. The van der Waals surface area contributed by atoms with Crippen LogP contribution < -0.4 is 15.0 Å². The summed E-state index contributed by atoms with van der Waals surface area (Å²) in [6, 6.07) is 7.73. The monoisotopic (exact) mass is 423 g/mol. The van der Waals surface area contributed by atoms with Gasteiger partial charge in [0.1, 0.15) is 22.8 Å². The Kier molecular flexibility index (Phi) is 6.64. The van der Waals surface area contributed by atoms with Crippen LogP contribution in [0.3, 0.4) is 0 Å². The highest BCUT2D eigenvalue weighted by Gasteiger charge is 2.21. The third-order valence-electron chi connectivity index (χ3n) is 5.51. The van der Waals surface area contributed by atoms with Crippen LogP contribution in [0, 0.1) is 6.92 Å². The molecule has 3 heterocycles. The van der Waals surface area contributed by atoms with E-state index in [1.165, 1.54) is 6.42 Å². The van der Waals surface area contributed by atoms with Crippen molar-refractivity contribution in [3.8, 4) is 5.75 Å². The molecule has 8 heteroatoms. The molecule has 1 amide bonds. The van der Waals surface area contributed by atoms with Gasteiger partial charge in [0.05, 0.1) is 12.3 Å². The topological polar surface area (TPSA) is 93.4 Å². The first-order chi connectivity index (χ1) is 15.2. The summed E-state index contributed by atoms with van der Waals surface area (Å²) in [6.45, 7) is 6.81. The number of rotatable bonds is 8. The number of anilines is 1. The molecular formula is C23H29N5O3. The number of fused-ring (bicyclic) bond motifs is 1. The number of nitrogens with zero attached hydrogens (tertiary/aromatic N) is 4. The number of ether oxygens (including phenoxy) is 1. The lowest BCUT2D eigenvalue weighted by Gasteiger charge is -2.28. The molecule has 0 radical (unpaired) electrons. The van der Waals surface area contributed by atoms with Gasteiger partial charge in [-0.05, 0) is 39.2 Å². The third-order valence-corrected chi connectivity index (χ3v) is 5.51. The maximum absolute atomic E-state index is 12.5. The lowest BCUT2D eigenvalue weighted by Crippen LogP contribution is -2.31. The SMILES string of the molecule is CCOc1ccccc1CNC(=O)CCc1nc(N2CCCCC2)c2c(C)noc2n1. The van der Waals surface area contributed by atoms with Crippen LogP contribution in [0.5, 0.6) is 5.75 Å². The minimum Gasteiger partial charge on any atom is -0.494 e. The van der Waals surface area contributed by atoms with Crippen molar-refractivity contribution in [3.63, 3.8) is 0 Å². The van der Waals surface area contributed by atoms with Gasteiger partial charge in [0.15, 0.2) is 0 Å². The van der Waals surface area contributed by atoms with E-state index in [4.69, 9.17) is 14.2 Å². The van der Waals surface area contributed by atoms with E-state index in [0.29, 0.717) is 37.5 Å². The molecule has 1 aliphatic rings. The van der Waals surface area contributed by atoms with Crippen LogP contribution in [0.15, 0.2) is 28.8 Å². The molecule has 164 valence electrons. The Balaban J connectivity index is 1.42. The molecule has 1 fully saturated rings. The number of carbonyl (C=O) groups is 1. The largest absolute Gasteiger partial charge is 0.494 e. The Labute approximate surface area is 182 Å². The number of hydrogen-bond donors (Lipinski definition) is 1. The van der Waals surface area contributed by atoms with Crippen LogP contribution in [0.1, 0.15) is 49.7 Å². The first-order valence-corrected chi connectivity index (χ1v) is 11.0. The summed E-state index contributed by atoms with van der Waals surface area (Å²) in [5.41, 5.74) is 2.25. The van der Waals surface area contributed by atoms with Crippen LogP contribution in [0.4, 0.5) is 5.82 Å². The van der Waals surface area contributed by atoms with Crippen LogP contribution in [-0.2, 0) is 17.8 Å². The molecule has 0 atom stereocenters. The average molecular weight is 424 g/mol. The lowest BCUT2D eigenvalue weighted by atomic mass is 10.1. The van der Waals surface area contributed by atoms with E-state index in [-0.39, 0.29) is 5.91 Å². The van der Waals surface area contributed by atoms with Gasteiger partial charge in [-0.2, -0.15) is 4.98 Å². The number of hydrogen-bond acceptors (Lipinski definition) is 7. The number of piperidine rings is 1. The van der Waals surface area contributed by atoms with Crippen molar-refractivity contribution in [1.29, 1.82) is 0 Å². The quantitative estimate of drug-likeness (QED) is 0.592. The van der Waals surface area contributed by atoms with Crippen LogP contribution in [-0.4, -0.2) is 40.7 Å². The number of aromatic nitrogens is 3. The van der Waals surface area contributed by atoms with Gasteiger partial charge in [-0.25, -0.2) is 4.98 Å². The zero-order valence-corrected chi connectivity index (χ0v) is 18.2. The molecule has 0 unspecified atom stereocenters. The smallest absolute Gasteiger partial charge is 0.263 e. The van der Waals surface area contributed by atoms with Crippen LogP contribution >= 0.6 is 0 Å². The summed E-state index contributed by atoms with van der Waals surface area (Å²) in [4.78, 5) is 24.1. The van der Waals surface area contributed by atoms with Crippen molar-refractivity contribution in [2.45, 2.75) is 52.5 Å². The molecule has 4 rings (SSSR count). The van der Waals surface area contributed by atoms with E-state index < -0.39 is 0 Å². The third kappa shape index (κ3) is 4.95. The molecule has 1 aromatic carbocycles. The molecule has 1 N–H and O–H groups in total. The fraction of sp³-hybridized carbons (Fsp3) is 0.478. The molecule has 0 bridgehead atoms. The second-order valence-electron chi connectivity index (χ2n) is 7.78. The Morgan fingerprint density at radius 3 is 2.81 bits per heavy atom. The molecule has 8 nitrogen and oxygen atoms in total. The summed E-state index contributed by atoms with van der Waals surface area (Å²) < 4.78 is 11.0. The molecule has 0 aliphatic carbocycles. The van der Waals surface area contributed by atoms with Gasteiger partial charge in [-0.15, -0.1) is 0 Å². The fourth-order valence-corrected chi connectivity index (χ4v) is 3.91. The second-order valence-corrected chi connectivity index (χ2v) is 7.78. The minimum absolute atomic E-state index is 0.0525. The Morgan fingerprint density at radius 2 is 2.00 bits per heavy atom. The van der Waals surface area contributed by atoms with Gasteiger partial charge in [-0.1, -0.05) is 23.4 Å². The average Bonchev–Trinajstić information content (AvgIpc) is 3.18. The number of nitrogens with one attached hydrogen (secondary N) is 1. The summed E-state index contributed by atoms with van der Waals surface area (Å²) in [6.07, 6.45) is 4.28. The summed E-state index contributed by atoms with van der Waals surface area (Å²) in [5.74, 6) is 2.23. The molecule has 0 saturated carbocycles. The Hall–Kier alpha value is -3.16. The maximum atomic E-state index is 12.5. The van der Waals surface area contributed by atoms with Crippen LogP contribution in [0.25, 0.3) is 11.1 Å². The molecule has 1 aliphatic heterocycles. The van der Waals surface area contributed by atoms with Crippen molar-refractivity contribution in [2.75, 3.05) is 24.6 Å². The lowest BCUT2D eigenvalue weighted by molar-refractivity contribution is -0.121. The fourth-order valence-electron chi connectivity index (χ4n) is 3.91. The van der Waals surface area contributed by atoms with Gasteiger partial charge in [0.25, 0.3) is 5.71 Å². The maximum Gasteiger partial charge on any atom is 0.263 e. The Bertz CT molecular complexity index is 1040. The number of benzene rings is 1.